The van der Waals surface area contributed by atoms with E-state index in [0.717, 1.165) is 0 Å². The maximum absolute atomic E-state index is 12.4. The van der Waals surface area contributed by atoms with Crippen LogP contribution in [0.2, 0.25) is 0 Å². The van der Waals surface area contributed by atoms with Crippen LogP contribution >= 0.6 is 0 Å². The van der Waals surface area contributed by atoms with Gasteiger partial charge in [-0.3, -0.25) is 9.59 Å². The highest BCUT2D eigenvalue weighted by Gasteiger charge is 2.16. The monoisotopic (exact) mass is 347 g/mol. The summed E-state index contributed by atoms with van der Waals surface area (Å²) < 4.78 is 25.8. The molecule has 8 heteroatoms. The van der Waals surface area contributed by atoms with Crippen LogP contribution in [-0.4, -0.2) is 34.3 Å². The lowest BCUT2D eigenvalue weighted by molar-refractivity contribution is 0.0964. The van der Waals surface area contributed by atoms with E-state index >= 15 is 0 Å². The molecule has 0 unspecified atom stereocenters. The first-order valence-corrected chi connectivity index (χ1v) is 8.53. The third-order valence-corrected chi connectivity index (χ3v) is 4.73. The molecule has 0 saturated carbocycles. The maximum Gasteiger partial charge on any atom is 0.255 e. The van der Waals surface area contributed by atoms with Gasteiger partial charge in [-0.05, 0) is 37.4 Å². The van der Waals surface area contributed by atoms with Crippen molar-refractivity contribution in [2.75, 3.05) is 19.4 Å². The predicted molar refractivity (Wildman–Crippen MR) is 90.5 cm³/mol. The third kappa shape index (κ3) is 3.79. The standard InChI is InChI=1S/C16H17N3O4S/c1-17-16(21)13-8-3-4-9-14(13)19-15(20)11-6-5-7-12(10-11)24(22,23)18-2/h3-10,18H,1-2H3,(H,17,21)(H,19,20). The second-order valence-corrected chi connectivity index (χ2v) is 6.70. The Kier molecular flexibility index (Phi) is 5.32. The van der Waals surface area contributed by atoms with E-state index in [9.17, 15) is 18.0 Å². The van der Waals surface area contributed by atoms with E-state index in [1.165, 1.54) is 38.4 Å². The van der Waals surface area contributed by atoms with Crippen LogP contribution in [0, 0.1) is 0 Å². The van der Waals surface area contributed by atoms with Gasteiger partial charge in [0, 0.05) is 12.6 Å². The quantitative estimate of drug-likeness (QED) is 0.756. The summed E-state index contributed by atoms with van der Waals surface area (Å²) in [6.07, 6.45) is 0. The van der Waals surface area contributed by atoms with Crippen molar-refractivity contribution in [2.45, 2.75) is 4.90 Å². The summed E-state index contributed by atoms with van der Waals surface area (Å²) in [7, 11) is -0.860. The molecule has 0 atom stereocenters. The molecule has 2 rings (SSSR count). The van der Waals surface area contributed by atoms with Gasteiger partial charge in [-0.25, -0.2) is 13.1 Å². The van der Waals surface area contributed by atoms with Crippen molar-refractivity contribution in [3.8, 4) is 0 Å². The van der Waals surface area contributed by atoms with Gasteiger partial charge < -0.3 is 10.6 Å². The highest BCUT2D eigenvalue weighted by Crippen LogP contribution is 2.17. The van der Waals surface area contributed by atoms with Crippen LogP contribution in [0.5, 0.6) is 0 Å². The molecule has 0 saturated heterocycles. The number of sulfonamides is 1. The summed E-state index contributed by atoms with van der Waals surface area (Å²) in [5.74, 6) is -0.850. The van der Waals surface area contributed by atoms with E-state index in [1.54, 1.807) is 24.3 Å². The summed E-state index contributed by atoms with van der Waals surface area (Å²) in [5, 5.41) is 5.12. The van der Waals surface area contributed by atoms with E-state index in [2.05, 4.69) is 15.4 Å². The summed E-state index contributed by atoms with van der Waals surface area (Å²) in [5.41, 5.74) is 0.814. The molecule has 2 aromatic carbocycles. The molecule has 24 heavy (non-hydrogen) atoms. The summed E-state index contributed by atoms with van der Waals surface area (Å²) >= 11 is 0. The predicted octanol–water partition coefficient (Wildman–Crippen LogP) is 1.21. The SMILES string of the molecule is CNC(=O)c1ccccc1NC(=O)c1cccc(S(=O)(=O)NC)c1. The Morgan fingerprint density at radius 3 is 2.29 bits per heavy atom. The Balaban J connectivity index is 2.32. The average molecular weight is 347 g/mol. The van der Waals surface area contributed by atoms with E-state index in [-0.39, 0.29) is 16.4 Å². The van der Waals surface area contributed by atoms with E-state index in [0.29, 0.717) is 11.3 Å². The first kappa shape index (κ1) is 17.6. The number of rotatable bonds is 5. The van der Waals surface area contributed by atoms with Crippen molar-refractivity contribution < 1.29 is 18.0 Å². The molecule has 0 aliphatic carbocycles. The van der Waals surface area contributed by atoms with Gasteiger partial charge in [0.25, 0.3) is 11.8 Å². The minimum Gasteiger partial charge on any atom is -0.355 e. The number of carbonyl (C=O) groups is 2. The Morgan fingerprint density at radius 2 is 1.62 bits per heavy atom. The number of benzene rings is 2. The second-order valence-electron chi connectivity index (χ2n) is 4.81. The molecular formula is C16H17N3O4S. The minimum absolute atomic E-state index is 0.0164. The molecule has 0 aliphatic heterocycles. The lowest BCUT2D eigenvalue weighted by atomic mass is 10.1. The molecule has 0 spiro atoms. The van der Waals surface area contributed by atoms with E-state index < -0.39 is 15.9 Å². The molecular weight excluding hydrogens is 330 g/mol. The molecule has 2 aromatic rings. The number of hydrogen-bond donors (Lipinski definition) is 3. The molecule has 2 amide bonds. The van der Waals surface area contributed by atoms with Crippen LogP contribution < -0.4 is 15.4 Å². The fourth-order valence-corrected chi connectivity index (χ4v) is 2.82. The highest BCUT2D eigenvalue weighted by molar-refractivity contribution is 7.89. The van der Waals surface area contributed by atoms with Gasteiger partial charge in [0.2, 0.25) is 10.0 Å². The number of carbonyl (C=O) groups excluding carboxylic acids is 2. The van der Waals surface area contributed by atoms with Gasteiger partial charge in [0.1, 0.15) is 0 Å². The van der Waals surface area contributed by atoms with Crippen molar-refractivity contribution in [3.63, 3.8) is 0 Å². The van der Waals surface area contributed by atoms with Crippen molar-refractivity contribution in [1.29, 1.82) is 0 Å². The fraction of sp³-hybridized carbons (Fsp3) is 0.125. The van der Waals surface area contributed by atoms with Crippen LogP contribution in [0.1, 0.15) is 20.7 Å². The third-order valence-electron chi connectivity index (χ3n) is 3.32. The molecule has 0 aromatic heterocycles. The van der Waals surface area contributed by atoms with Gasteiger partial charge in [-0.15, -0.1) is 0 Å². The lowest BCUT2D eigenvalue weighted by Gasteiger charge is -2.11. The number of anilines is 1. The van der Waals surface area contributed by atoms with E-state index in [4.69, 9.17) is 0 Å². The molecule has 0 bridgehead atoms. The molecule has 3 N–H and O–H groups in total. The fourth-order valence-electron chi connectivity index (χ4n) is 2.04. The Labute approximate surface area is 140 Å². The van der Waals surface area contributed by atoms with Gasteiger partial charge in [-0.1, -0.05) is 18.2 Å². The Bertz CT molecular complexity index is 878. The molecule has 0 aliphatic rings. The molecule has 0 heterocycles. The lowest BCUT2D eigenvalue weighted by Crippen LogP contribution is -2.22. The highest BCUT2D eigenvalue weighted by atomic mass is 32.2. The van der Waals surface area contributed by atoms with Crippen LogP contribution in [0.3, 0.4) is 0 Å². The van der Waals surface area contributed by atoms with Crippen molar-refractivity contribution >= 4 is 27.5 Å². The summed E-state index contributed by atoms with van der Waals surface area (Å²) in [4.78, 5) is 24.2. The Hall–Kier alpha value is -2.71. The first-order valence-electron chi connectivity index (χ1n) is 7.05. The van der Waals surface area contributed by atoms with Crippen LogP contribution in [-0.2, 0) is 10.0 Å². The zero-order valence-electron chi connectivity index (χ0n) is 13.2. The van der Waals surface area contributed by atoms with Gasteiger partial charge >= 0.3 is 0 Å². The van der Waals surface area contributed by atoms with Crippen LogP contribution in [0.4, 0.5) is 5.69 Å². The normalized spacial score (nSPS) is 10.9. The van der Waals surface area contributed by atoms with Crippen molar-refractivity contribution in [1.82, 2.24) is 10.0 Å². The Morgan fingerprint density at radius 1 is 0.917 bits per heavy atom. The van der Waals surface area contributed by atoms with Crippen molar-refractivity contribution in [3.05, 3.63) is 59.7 Å². The maximum atomic E-state index is 12.4. The molecule has 0 radical (unpaired) electrons. The zero-order chi connectivity index (χ0) is 17.7. The number of hydrogen-bond acceptors (Lipinski definition) is 4. The molecule has 126 valence electrons. The minimum atomic E-state index is -3.65. The number of amides is 2. The first-order chi connectivity index (χ1) is 11.4. The summed E-state index contributed by atoms with van der Waals surface area (Å²) in [6.45, 7) is 0. The molecule has 0 fully saturated rings. The molecule has 7 nitrogen and oxygen atoms in total. The average Bonchev–Trinajstić information content (AvgIpc) is 2.61. The van der Waals surface area contributed by atoms with Gasteiger partial charge in [0.05, 0.1) is 16.1 Å². The number of nitrogens with one attached hydrogen (secondary N) is 3. The van der Waals surface area contributed by atoms with Crippen LogP contribution in [0.25, 0.3) is 0 Å². The second kappa shape index (κ2) is 7.24. The zero-order valence-corrected chi connectivity index (χ0v) is 14.0. The van der Waals surface area contributed by atoms with Gasteiger partial charge in [-0.2, -0.15) is 0 Å². The number of para-hydroxylation sites is 1. The smallest absolute Gasteiger partial charge is 0.255 e. The van der Waals surface area contributed by atoms with Gasteiger partial charge in [0.15, 0.2) is 0 Å². The van der Waals surface area contributed by atoms with E-state index in [1.807, 2.05) is 0 Å². The van der Waals surface area contributed by atoms with Crippen molar-refractivity contribution in [2.24, 2.45) is 0 Å². The largest absolute Gasteiger partial charge is 0.355 e. The summed E-state index contributed by atoms with van der Waals surface area (Å²) in [6, 6.07) is 12.2. The topological polar surface area (TPSA) is 104 Å². The van der Waals surface area contributed by atoms with Crippen LogP contribution in [0.15, 0.2) is 53.4 Å².